The quantitative estimate of drug-likeness (QED) is 0.156. The molecule has 0 aliphatic carbocycles. The van der Waals surface area contributed by atoms with Crippen LogP contribution in [0, 0.1) is 12.1 Å². The molecule has 0 bridgehead atoms. The summed E-state index contributed by atoms with van der Waals surface area (Å²) in [5.41, 5.74) is 12.6. The number of hydrogen-bond acceptors (Lipinski definition) is 3. The number of furan rings is 1. The normalized spacial score (nSPS) is 12.5. The minimum atomic E-state index is -0.834. The molecule has 0 saturated carbocycles. The molecule has 3 heterocycles. The number of nitrogens with zero attached hydrogens (tertiary/aromatic N) is 3. The van der Waals surface area contributed by atoms with Gasteiger partial charge in [0, 0.05) is 40.1 Å². The Labute approximate surface area is 352 Å². The van der Waals surface area contributed by atoms with Gasteiger partial charge in [-0.3, -0.25) is 4.98 Å². The van der Waals surface area contributed by atoms with Crippen molar-refractivity contribution in [1.29, 1.82) is 0 Å². The van der Waals surface area contributed by atoms with Crippen LogP contribution in [0.25, 0.3) is 72.4 Å². The summed E-state index contributed by atoms with van der Waals surface area (Å²) in [7, 11) is 0. The van der Waals surface area contributed by atoms with E-state index in [9.17, 15) is 0 Å². The maximum Gasteiger partial charge on any atom is 0.120 e. The van der Waals surface area contributed by atoms with Crippen molar-refractivity contribution < 1.29 is 27.3 Å². The van der Waals surface area contributed by atoms with Gasteiger partial charge in [0.2, 0.25) is 0 Å². The van der Waals surface area contributed by atoms with Crippen LogP contribution in [0.3, 0.4) is 0 Å². The Balaban J connectivity index is 0.000000176. The van der Waals surface area contributed by atoms with Gasteiger partial charge in [-0.25, -0.2) is 0 Å². The van der Waals surface area contributed by atoms with Gasteiger partial charge in [-0.15, -0.1) is 54.1 Å². The fourth-order valence-electron chi connectivity index (χ4n) is 7.35. The largest absolute Gasteiger partial charge is 0.501 e. The van der Waals surface area contributed by atoms with Crippen LogP contribution < -0.4 is 0 Å². The first-order valence-electron chi connectivity index (χ1n) is 20.2. The van der Waals surface area contributed by atoms with Gasteiger partial charge in [-0.1, -0.05) is 138 Å². The molecule has 0 amide bonds. The second-order valence-corrected chi connectivity index (χ2v) is 15.7. The Hall–Kier alpha value is -5.61. The van der Waals surface area contributed by atoms with E-state index in [1.165, 1.54) is 11.1 Å². The predicted molar refractivity (Wildman–Crippen MR) is 233 cm³/mol. The number of rotatable bonds is 6. The zero-order valence-electron chi connectivity index (χ0n) is 35.4. The molecule has 0 saturated heterocycles. The molecule has 0 aliphatic heterocycles. The van der Waals surface area contributed by atoms with Crippen molar-refractivity contribution >= 4 is 33.0 Å². The summed E-state index contributed by atoms with van der Waals surface area (Å²) < 4.78 is 25.9. The predicted octanol–water partition coefficient (Wildman–Crippen LogP) is 14.1. The number of benzene rings is 6. The van der Waals surface area contributed by atoms with Gasteiger partial charge in [-0.05, 0) is 75.0 Å². The average Bonchev–Trinajstić information content (AvgIpc) is 3.79. The topological polar surface area (TPSA) is 43.9 Å². The molecule has 9 aromatic rings. The minimum Gasteiger partial charge on any atom is -0.501 e. The molecule has 4 nitrogen and oxygen atoms in total. The van der Waals surface area contributed by atoms with Gasteiger partial charge in [0.15, 0.2) is 0 Å². The van der Waals surface area contributed by atoms with Crippen molar-refractivity contribution in [2.75, 3.05) is 0 Å². The molecule has 287 valence electrons. The van der Waals surface area contributed by atoms with Crippen molar-refractivity contribution in [3.8, 4) is 39.5 Å². The van der Waals surface area contributed by atoms with Crippen molar-refractivity contribution in [1.82, 2.24) is 14.5 Å². The summed E-state index contributed by atoms with van der Waals surface area (Å²) in [4.78, 5) is 9.54. The molecular formula is C52H47IrN3O-2. The van der Waals surface area contributed by atoms with Gasteiger partial charge in [-0.2, -0.15) is 0 Å². The zero-order valence-corrected chi connectivity index (χ0v) is 35.8. The first kappa shape index (κ1) is 37.0. The molecule has 5 heteroatoms. The summed E-state index contributed by atoms with van der Waals surface area (Å²) >= 11 is 0. The fourth-order valence-corrected chi connectivity index (χ4v) is 7.35. The Morgan fingerprint density at radius 3 is 2.09 bits per heavy atom. The third-order valence-electron chi connectivity index (χ3n) is 10.3. The number of imidazole rings is 1. The molecule has 9 rings (SSSR count). The van der Waals surface area contributed by atoms with E-state index in [1.807, 2.05) is 131 Å². The maximum atomic E-state index is 8.80. The molecule has 0 fully saturated rings. The summed E-state index contributed by atoms with van der Waals surface area (Å²) in [6, 6.07) is 53.5. The second-order valence-electron chi connectivity index (χ2n) is 15.7. The SMILES string of the molecule is CC(C)(C)c1ccc(-c2ccnc(-c3[c-]ccc4c3oc3ccccc34)c2)cc1.[2H]C(C)(C)c1cccc(C([2H])(C)C)c1-n1c(-c2[c-]cccc2)nc2ccccc21.[Ir]. The van der Waals surface area contributed by atoms with Crippen LogP contribution in [0.15, 0.2) is 150 Å². The van der Waals surface area contributed by atoms with Crippen molar-refractivity contribution in [3.63, 3.8) is 0 Å². The molecule has 0 unspecified atom stereocenters. The van der Waals surface area contributed by atoms with Crippen molar-refractivity contribution in [2.24, 2.45) is 0 Å². The summed E-state index contributed by atoms with van der Waals surface area (Å²) in [6.07, 6.45) is 1.86. The van der Waals surface area contributed by atoms with Crippen LogP contribution in [0.5, 0.6) is 0 Å². The van der Waals surface area contributed by atoms with E-state index in [4.69, 9.17) is 12.1 Å². The van der Waals surface area contributed by atoms with Crippen LogP contribution >= 0.6 is 0 Å². The first-order valence-corrected chi connectivity index (χ1v) is 19.2. The monoisotopic (exact) mass is 924 g/mol. The zero-order chi connectivity index (χ0) is 40.8. The Morgan fingerprint density at radius 2 is 1.39 bits per heavy atom. The number of para-hydroxylation sites is 4. The van der Waals surface area contributed by atoms with Gasteiger partial charge in [0.05, 0.1) is 22.4 Å². The molecular weight excluding hydrogens is 875 g/mol. The van der Waals surface area contributed by atoms with Crippen LogP contribution in [0.2, 0.25) is 0 Å². The summed E-state index contributed by atoms with van der Waals surface area (Å²) in [5.74, 6) is -0.895. The van der Waals surface area contributed by atoms with Crippen LogP contribution in [-0.2, 0) is 25.5 Å². The Kier molecular flexibility index (Phi) is 10.7. The molecule has 0 aliphatic rings. The number of hydrogen-bond donors (Lipinski definition) is 0. The molecule has 3 aromatic heterocycles. The summed E-state index contributed by atoms with van der Waals surface area (Å²) in [5, 5.41) is 2.21. The van der Waals surface area contributed by atoms with Gasteiger partial charge in [0.1, 0.15) is 5.58 Å². The average molecular weight is 924 g/mol. The standard InChI is InChI=1S/C27H22NO.C25H25N2.Ir/c1-27(2,3)20-13-11-18(12-14-20)19-15-16-28-24(17-19)23-9-6-8-22-21-7-4-5-10-25(21)29-26(22)23;1-17(2)20-13-10-14-21(18(3)4)24(20)27-23-16-9-8-15-22(23)26-25(27)19-11-6-5-7-12-19;/h4-8,10-17H,1-3H3;5-11,13-18H,1-4H3;/q2*-1;/i;17D,18D;. The smallest absolute Gasteiger partial charge is 0.120 e. The number of aromatic nitrogens is 3. The third-order valence-corrected chi connectivity index (χ3v) is 10.3. The molecule has 57 heavy (non-hydrogen) atoms. The van der Waals surface area contributed by atoms with E-state index in [0.29, 0.717) is 0 Å². The van der Waals surface area contributed by atoms with E-state index in [-0.39, 0.29) is 25.5 Å². The maximum absolute atomic E-state index is 8.80. The van der Waals surface area contributed by atoms with Crippen LogP contribution in [-0.4, -0.2) is 14.5 Å². The van der Waals surface area contributed by atoms with Crippen LogP contribution in [0.4, 0.5) is 0 Å². The Bertz CT molecular complexity index is 2860. The molecule has 0 N–H and O–H groups in total. The van der Waals surface area contributed by atoms with E-state index < -0.39 is 11.8 Å². The molecule has 0 spiro atoms. The Morgan fingerprint density at radius 1 is 0.684 bits per heavy atom. The van der Waals surface area contributed by atoms with E-state index in [0.717, 1.165) is 78.0 Å². The number of fused-ring (bicyclic) bond motifs is 4. The van der Waals surface area contributed by atoms with E-state index >= 15 is 0 Å². The van der Waals surface area contributed by atoms with Crippen molar-refractivity contribution in [2.45, 2.75) is 65.7 Å². The van der Waals surface area contributed by atoms with E-state index in [2.05, 4.69) is 84.9 Å². The molecule has 1 radical (unpaired) electrons. The molecule has 6 aromatic carbocycles. The molecule has 0 atom stereocenters. The fraction of sp³-hybridized carbons (Fsp3) is 0.192. The van der Waals surface area contributed by atoms with Gasteiger partial charge >= 0.3 is 0 Å². The van der Waals surface area contributed by atoms with E-state index in [1.54, 1.807) is 0 Å². The van der Waals surface area contributed by atoms with Crippen LogP contribution in [0.1, 0.15) is 79.7 Å². The summed E-state index contributed by atoms with van der Waals surface area (Å²) in [6.45, 7) is 14.3. The van der Waals surface area contributed by atoms with Gasteiger partial charge < -0.3 is 14.0 Å². The second kappa shape index (κ2) is 16.5. The first-order chi connectivity index (χ1) is 27.7. The minimum absolute atomic E-state index is 0. The number of pyridine rings is 1. The van der Waals surface area contributed by atoms with Crippen molar-refractivity contribution in [3.05, 3.63) is 175 Å². The third kappa shape index (κ3) is 7.88. The van der Waals surface area contributed by atoms with Gasteiger partial charge in [0.25, 0.3) is 0 Å².